The fraction of sp³-hybridized carbons (Fsp3) is 0.191. The number of imidazole rings is 1. The summed E-state index contributed by atoms with van der Waals surface area (Å²) in [4.78, 5) is 0. The van der Waals surface area contributed by atoms with Crippen LogP contribution in [0.3, 0.4) is 0 Å². The van der Waals surface area contributed by atoms with Gasteiger partial charge < -0.3 is 18.5 Å². The summed E-state index contributed by atoms with van der Waals surface area (Å²) in [5, 5.41) is 8.89. The molecule has 2 saturated heterocycles. The Labute approximate surface area is 440 Å². The van der Waals surface area contributed by atoms with Gasteiger partial charge in [-0.3, -0.25) is 0 Å². The van der Waals surface area contributed by atoms with E-state index in [0.717, 1.165) is 105 Å². The fourth-order valence-corrected chi connectivity index (χ4v) is 14.8. The van der Waals surface area contributed by atoms with Crippen LogP contribution in [0.15, 0.2) is 207 Å². The van der Waals surface area contributed by atoms with Gasteiger partial charge in [0.25, 0.3) is 8.38 Å². The second-order valence-electron chi connectivity index (χ2n) is 21.5. The van der Waals surface area contributed by atoms with E-state index in [0.29, 0.717) is 0 Å². The van der Waals surface area contributed by atoms with Crippen molar-refractivity contribution in [2.45, 2.75) is 84.6 Å². The molecule has 370 valence electrons. The third-order valence-corrected chi connectivity index (χ3v) is 17.4. The standard InChI is InChI=1S/C68H60N2O4P/c1-43-35-45(3)61(46(4)36-43)69-33-34-70(62-47(5)37-44(2)38-48(62)6)65(69)75-73-67(57-29-25-49-17-9-13-21-53(49)39-57,58-30-26-50-18-10-14-22-54(50)40-58)63-64(72-66(7,8)71-63)68(74-75,59-31-27-51-19-11-15-23-55(51)41-59)60-32-28-52-20-12-16-24-56(52)42-60/h9-42,63-64H,1-8H3/q+1/t63-,64-/m0/s1. The van der Waals surface area contributed by atoms with Crippen molar-refractivity contribution < 1.29 is 23.1 Å². The first-order chi connectivity index (χ1) is 36.3. The molecule has 0 saturated carbocycles. The van der Waals surface area contributed by atoms with Crippen LogP contribution >= 0.6 is 8.38 Å². The number of aryl methyl sites for hydroxylation is 6. The lowest BCUT2D eigenvalue weighted by Gasteiger charge is -2.42. The van der Waals surface area contributed by atoms with E-state index in [-0.39, 0.29) is 0 Å². The molecular formula is C68H60N2O4P+. The normalized spacial score (nSPS) is 18.2. The maximum atomic E-state index is 8.62. The van der Waals surface area contributed by atoms with Crippen molar-refractivity contribution in [3.05, 3.63) is 262 Å². The Balaban J connectivity index is 1.22. The van der Waals surface area contributed by atoms with Crippen molar-refractivity contribution in [2.75, 3.05) is 0 Å². The predicted molar refractivity (Wildman–Crippen MR) is 306 cm³/mol. The summed E-state index contributed by atoms with van der Waals surface area (Å²) in [7, 11) is -2.24. The van der Waals surface area contributed by atoms with Crippen LogP contribution in [0, 0.1) is 41.5 Å². The number of rotatable bonds is 7. The summed E-state index contributed by atoms with van der Waals surface area (Å²) in [6.07, 6.45) is 2.80. The number of hydrogen-bond acceptors (Lipinski definition) is 4. The molecule has 0 unspecified atom stereocenters. The lowest BCUT2D eigenvalue weighted by atomic mass is 9.71. The predicted octanol–water partition coefficient (Wildman–Crippen LogP) is 15.6. The van der Waals surface area contributed by atoms with Gasteiger partial charge in [0.15, 0.2) is 17.0 Å². The van der Waals surface area contributed by atoms with Gasteiger partial charge in [-0.25, -0.2) is 0 Å². The highest BCUT2D eigenvalue weighted by molar-refractivity contribution is 7.55. The third kappa shape index (κ3) is 7.76. The molecule has 2 aliphatic rings. The molecule has 0 radical (unpaired) electrons. The van der Waals surface area contributed by atoms with E-state index in [1.54, 1.807) is 0 Å². The number of hydrogen-bond donors (Lipinski definition) is 0. The zero-order valence-corrected chi connectivity index (χ0v) is 44.7. The maximum Gasteiger partial charge on any atom is 0.345 e. The van der Waals surface area contributed by atoms with Gasteiger partial charge in [-0.05, 0) is 167 Å². The van der Waals surface area contributed by atoms with Crippen molar-refractivity contribution >= 4 is 57.0 Å². The van der Waals surface area contributed by atoms with Crippen LogP contribution < -0.4 is 10.1 Å². The molecule has 0 spiro atoms. The van der Waals surface area contributed by atoms with E-state index in [2.05, 4.69) is 257 Å². The highest BCUT2D eigenvalue weighted by Gasteiger charge is 2.68. The van der Waals surface area contributed by atoms with Crippen molar-refractivity contribution in [2.24, 2.45) is 0 Å². The lowest BCUT2D eigenvalue weighted by molar-refractivity contribution is -0.576. The van der Waals surface area contributed by atoms with Crippen LogP contribution in [0.1, 0.15) is 69.5 Å². The number of ether oxygens (including phenoxy) is 2. The molecule has 1 aromatic heterocycles. The molecule has 7 heteroatoms. The van der Waals surface area contributed by atoms with Crippen molar-refractivity contribution in [3.8, 4) is 11.4 Å². The third-order valence-electron chi connectivity index (χ3n) is 15.8. The molecular weight excluding hydrogens is 940 g/mol. The Morgan fingerprint density at radius 2 is 0.747 bits per heavy atom. The zero-order chi connectivity index (χ0) is 51.4. The average molecular weight is 1000 g/mol. The monoisotopic (exact) mass is 999 g/mol. The Morgan fingerprint density at radius 1 is 0.413 bits per heavy atom. The topological polar surface area (TPSA) is 45.7 Å². The van der Waals surface area contributed by atoms with Gasteiger partial charge in [0, 0.05) is 0 Å². The fourth-order valence-electron chi connectivity index (χ4n) is 12.7. The van der Waals surface area contributed by atoms with Crippen LogP contribution in [0.2, 0.25) is 0 Å². The van der Waals surface area contributed by atoms with Crippen LogP contribution in [0.4, 0.5) is 0 Å². The summed E-state index contributed by atoms with van der Waals surface area (Å²) in [6, 6.07) is 70.5. The summed E-state index contributed by atoms with van der Waals surface area (Å²) in [5.74, 6) is -1.09. The van der Waals surface area contributed by atoms with Crippen molar-refractivity contribution in [1.82, 2.24) is 4.57 Å². The summed E-state index contributed by atoms with van der Waals surface area (Å²) < 4.78 is 37.4. The van der Waals surface area contributed by atoms with Crippen LogP contribution in [0.25, 0.3) is 54.5 Å². The number of benzene rings is 10. The van der Waals surface area contributed by atoms with E-state index >= 15 is 0 Å². The van der Waals surface area contributed by atoms with Gasteiger partial charge in [-0.2, -0.15) is 9.13 Å². The molecule has 2 aliphatic heterocycles. The highest BCUT2D eigenvalue weighted by atomic mass is 31.2. The molecule has 0 aliphatic carbocycles. The average Bonchev–Trinajstić information content (AvgIpc) is 3.98. The van der Waals surface area contributed by atoms with Crippen LogP contribution in [0.5, 0.6) is 0 Å². The molecule has 13 rings (SSSR count). The highest BCUT2D eigenvalue weighted by Crippen LogP contribution is 2.65. The molecule has 75 heavy (non-hydrogen) atoms. The molecule has 0 amide bonds. The molecule has 3 heterocycles. The number of nitrogens with zero attached hydrogens (tertiary/aromatic N) is 2. The molecule has 0 bridgehead atoms. The first-order valence-electron chi connectivity index (χ1n) is 26.1. The molecule has 6 nitrogen and oxygen atoms in total. The first kappa shape index (κ1) is 47.4. The Morgan fingerprint density at radius 3 is 1.11 bits per heavy atom. The van der Waals surface area contributed by atoms with Crippen molar-refractivity contribution in [3.63, 3.8) is 0 Å². The molecule has 10 aromatic carbocycles. The van der Waals surface area contributed by atoms with Crippen molar-refractivity contribution in [1.29, 1.82) is 0 Å². The first-order valence-corrected chi connectivity index (χ1v) is 27.3. The largest absolute Gasteiger partial charge is 0.345 e. The minimum Gasteiger partial charge on any atom is -0.341 e. The Kier molecular flexibility index (Phi) is 11.3. The SMILES string of the molecule is Cc1cc(C)c(-n2cc[n+](-c3c(C)cc(C)cc3C)c2P2OC(c3ccc4ccccc4c3)(c3ccc4ccccc4c3)[C@H]3OC(C)(C)O[C@@H]3C(c3ccc4ccccc4c3)(c3ccc4ccccc4c3)O2)c(C)c1. The molecule has 0 N–H and O–H groups in total. The van der Waals surface area contributed by atoms with Gasteiger partial charge in [0.1, 0.15) is 36.0 Å². The summed E-state index contributed by atoms with van der Waals surface area (Å²) in [6.45, 7) is 17.3. The van der Waals surface area contributed by atoms with E-state index < -0.39 is 37.6 Å². The van der Waals surface area contributed by atoms with E-state index in [1.807, 2.05) is 13.8 Å². The minimum absolute atomic E-state index is 0.803. The quantitative estimate of drug-likeness (QED) is 0.118. The Bertz CT molecular complexity index is 3620. The summed E-state index contributed by atoms with van der Waals surface area (Å²) in [5.41, 5.74) is 11.0. The van der Waals surface area contributed by atoms with Gasteiger partial charge >= 0.3 is 5.57 Å². The van der Waals surface area contributed by atoms with Gasteiger partial charge in [0.05, 0.1) is 0 Å². The van der Waals surface area contributed by atoms with Crippen LogP contribution in [-0.4, -0.2) is 22.6 Å². The van der Waals surface area contributed by atoms with Gasteiger partial charge in [-0.1, -0.05) is 181 Å². The minimum atomic E-state index is -2.24. The second-order valence-corrected chi connectivity index (χ2v) is 22.7. The molecule has 2 atom stereocenters. The molecule has 11 aromatic rings. The van der Waals surface area contributed by atoms with Gasteiger partial charge in [0.2, 0.25) is 0 Å². The number of fused-ring (bicyclic) bond motifs is 5. The second kappa shape index (κ2) is 17.9. The zero-order valence-electron chi connectivity index (χ0n) is 43.8. The van der Waals surface area contributed by atoms with E-state index in [4.69, 9.17) is 18.5 Å². The summed E-state index contributed by atoms with van der Waals surface area (Å²) >= 11 is 0. The maximum absolute atomic E-state index is 8.62. The van der Waals surface area contributed by atoms with Crippen LogP contribution in [-0.2, 0) is 29.7 Å². The number of aromatic nitrogens is 2. The van der Waals surface area contributed by atoms with E-state index in [9.17, 15) is 0 Å². The van der Waals surface area contributed by atoms with Gasteiger partial charge in [-0.15, -0.1) is 0 Å². The molecule has 2 fully saturated rings. The smallest absolute Gasteiger partial charge is 0.341 e. The lowest BCUT2D eigenvalue weighted by Crippen LogP contribution is -2.53. The van der Waals surface area contributed by atoms with E-state index in [1.165, 1.54) is 11.1 Å². The Hall–Kier alpha value is -7.28.